The SMILES string of the molecule is COc1cc(C)cc(C)c1C(NN)c1cccnc1OC. The molecule has 112 valence electrons. The molecule has 1 heterocycles. The van der Waals surface area contributed by atoms with Crippen molar-refractivity contribution < 1.29 is 9.47 Å². The molecular weight excluding hydrogens is 266 g/mol. The summed E-state index contributed by atoms with van der Waals surface area (Å²) < 4.78 is 10.9. The Hall–Kier alpha value is -2.11. The molecule has 0 spiro atoms. The number of aromatic nitrogens is 1. The minimum Gasteiger partial charge on any atom is -0.496 e. The fourth-order valence-electron chi connectivity index (χ4n) is 2.60. The number of benzene rings is 1. The number of hydrogen-bond donors (Lipinski definition) is 2. The standard InChI is InChI=1S/C16H21N3O2/c1-10-8-11(2)14(13(9-10)20-3)15(19-17)12-6-5-7-18-16(12)21-4/h5-9,15,19H,17H2,1-4H3. The quantitative estimate of drug-likeness (QED) is 0.652. The number of nitrogens with two attached hydrogens (primary N) is 1. The van der Waals surface area contributed by atoms with Gasteiger partial charge >= 0.3 is 0 Å². The summed E-state index contributed by atoms with van der Waals surface area (Å²) in [7, 11) is 3.25. The molecule has 5 nitrogen and oxygen atoms in total. The zero-order chi connectivity index (χ0) is 15.4. The lowest BCUT2D eigenvalue weighted by atomic mass is 9.93. The molecule has 0 fully saturated rings. The van der Waals surface area contributed by atoms with Gasteiger partial charge in [0.2, 0.25) is 5.88 Å². The molecule has 1 atom stereocenters. The van der Waals surface area contributed by atoms with Crippen LogP contribution in [0.2, 0.25) is 0 Å². The van der Waals surface area contributed by atoms with Crippen molar-refractivity contribution in [3.05, 3.63) is 52.7 Å². The van der Waals surface area contributed by atoms with Crippen LogP contribution < -0.4 is 20.7 Å². The highest BCUT2D eigenvalue weighted by Gasteiger charge is 2.23. The highest BCUT2D eigenvalue weighted by Crippen LogP contribution is 2.36. The second-order valence-corrected chi connectivity index (χ2v) is 4.90. The second-order valence-electron chi connectivity index (χ2n) is 4.90. The largest absolute Gasteiger partial charge is 0.496 e. The predicted molar refractivity (Wildman–Crippen MR) is 82.4 cm³/mol. The van der Waals surface area contributed by atoms with Gasteiger partial charge in [-0.25, -0.2) is 10.4 Å². The third kappa shape index (κ3) is 2.99. The van der Waals surface area contributed by atoms with E-state index >= 15 is 0 Å². The summed E-state index contributed by atoms with van der Waals surface area (Å²) in [5.74, 6) is 7.14. The number of aryl methyl sites for hydroxylation is 2. The van der Waals surface area contributed by atoms with E-state index in [1.165, 1.54) is 0 Å². The van der Waals surface area contributed by atoms with Crippen molar-refractivity contribution in [3.63, 3.8) is 0 Å². The third-order valence-corrected chi connectivity index (χ3v) is 3.47. The van der Waals surface area contributed by atoms with Crippen LogP contribution >= 0.6 is 0 Å². The summed E-state index contributed by atoms with van der Waals surface area (Å²) >= 11 is 0. The summed E-state index contributed by atoms with van der Waals surface area (Å²) in [6, 6.07) is 7.64. The van der Waals surface area contributed by atoms with E-state index in [0.717, 1.165) is 28.0 Å². The smallest absolute Gasteiger partial charge is 0.218 e. The number of nitrogens with zero attached hydrogens (tertiary/aromatic N) is 1. The van der Waals surface area contributed by atoms with Gasteiger partial charge in [-0.1, -0.05) is 12.1 Å². The first-order valence-corrected chi connectivity index (χ1v) is 6.72. The second kappa shape index (κ2) is 6.56. The first-order valence-electron chi connectivity index (χ1n) is 6.72. The van der Waals surface area contributed by atoms with E-state index in [4.69, 9.17) is 15.3 Å². The van der Waals surface area contributed by atoms with Crippen molar-refractivity contribution in [1.82, 2.24) is 10.4 Å². The number of methoxy groups -OCH3 is 2. The average Bonchev–Trinajstić information content (AvgIpc) is 2.49. The van der Waals surface area contributed by atoms with Crippen LogP contribution in [0.4, 0.5) is 0 Å². The van der Waals surface area contributed by atoms with Crippen LogP contribution in [0.5, 0.6) is 11.6 Å². The van der Waals surface area contributed by atoms with Crippen LogP contribution in [0.25, 0.3) is 0 Å². The molecule has 0 saturated carbocycles. The maximum atomic E-state index is 5.80. The number of hydrogen-bond acceptors (Lipinski definition) is 5. The summed E-state index contributed by atoms with van der Waals surface area (Å²) in [6.07, 6.45) is 1.69. The van der Waals surface area contributed by atoms with Crippen molar-refractivity contribution in [3.8, 4) is 11.6 Å². The van der Waals surface area contributed by atoms with Gasteiger partial charge in [0.25, 0.3) is 0 Å². The van der Waals surface area contributed by atoms with Gasteiger partial charge in [0.1, 0.15) is 5.75 Å². The molecule has 1 aromatic heterocycles. The Morgan fingerprint density at radius 1 is 1.19 bits per heavy atom. The van der Waals surface area contributed by atoms with Crippen LogP contribution in [0.1, 0.15) is 28.3 Å². The maximum Gasteiger partial charge on any atom is 0.218 e. The molecule has 1 unspecified atom stereocenters. The van der Waals surface area contributed by atoms with Crippen LogP contribution in [-0.2, 0) is 0 Å². The Labute approximate surface area is 125 Å². The van der Waals surface area contributed by atoms with E-state index in [1.807, 2.05) is 32.0 Å². The van der Waals surface area contributed by atoms with Gasteiger partial charge in [-0.05, 0) is 37.1 Å². The molecule has 0 aliphatic rings. The molecule has 1 aromatic carbocycles. The summed E-state index contributed by atoms with van der Waals surface area (Å²) in [4.78, 5) is 4.24. The zero-order valence-corrected chi connectivity index (χ0v) is 12.8. The molecule has 3 N–H and O–H groups in total. The monoisotopic (exact) mass is 287 g/mol. The lowest BCUT2D eigenvalue weighted by Gasteiger charge is -2.23. The Kier molecular flexibility index (Phi) is 4.77. The topological polar surface area (TPSA) is 69.4 Å². The Bertz CT molecular complexity index is 629. The molecule has 21 heavy (non-hydrogen) atoms. The predicted octanol–water partition coefficient (Wildman–Crippen LogP) is 2.27. The Morgan fingerprint density at radius 3 is 2.57 bits per heavy atom. The van der Waals surface area contributed by atoms with Crippen molar-refractivity contribution in [2.45, 2.75) is 19.9 Å². The molecule has 0 bridgehead atoms. The van der Waals surface area contributed by atoms with Crippen LogP contribution in [0.15, 0.2) is 30.5 Å². The molecule has 5 heteroatoms. The third-order valence-electron chi connectivity index (χ3n) is 3.47. The number of nitrogens with one attached hydrogen (secondary N) is 1. The van der Waals surface area contributed by atoms with E-state index in [9.17, 15) is 0 Å². The van der Waals surface area contributed by atoms with E-state index in [0.29, 0.717) is 5.88 Å². The maximum absolute atomic E-state index is 5.80. The minimum atomic E-state index is -0.260. The van der Waals surface area contributed by atoms with Crippen molar-refractivity contribution in [2.75, 3.05) is 14.2 Å². The highest BCUT2D eigenvalue weighted by molar-refractivity contribution is 5.50. The van der Waals surface area contributed by atoms with Gasteiger partial charge in [-0.15, -0.1) is 0 Å². The highest BCUT2D eigenvalue weighted by atomic mass is 16.5. The molecule has 0 amide bonds. The summed E-state index contributed by atoms with van der Waals surface area (Å²) in [5, 5.41) is 0. The lowest BCUT2D eigenvalue weighted by molar-refractivity contribution is 0.382. The first kappa shape index (κ1) is 15.3. The summed E-state index contributed by atoms with van der Waals surface area (Å²) in [6.45, 7) is 4.08. The van der Waals surface area contributed by atoms with Gasteiger partial charge in [0, 0.05) is 17.3 Å². The van der Waals surface area contributed by atoms with Gasteiger partial charge in [0.15, 0.2) is 0 Å². The van der Waals surface area contributed by atoms with Gasteiger partial charge in [-0.2, -0.15) is 0 Å². The average molecular weight is 287 g/mol. The van der Waals surface area contributed by atoms with Crippen LogP contribution in [0, 0.1) is 13.8 Å². The minimum absolute atomic E-state index is 0.260. The van der Waals surface area contributed by atoms with Crippen LogP contribution in [-0.4, -0.2) is 19.2 Å². The molecule has 0 saturated heterocycles. The van der Waals surface area contributed by atoms with E-state index in [2.05, 4.69) is 16.5 Å². The summed E-state index contributed by atoms with van der Waals surface area (Å²) in [5.41, 5.74) is 6.93. The molecular formula is C16H21N3O2. The van der Waals surface area contributed by atoms with Crippen LogP contribution in [0.3, 0.4) is 0 Å². The number of ether oxygens (including phenoxy) is 2. The van der Waals surface area contributed by atoms with E-state index in [-0.39, 0.29) is 6.04 Å². The molecule has 2 aromatic rings. The van der Waals surface area contributed by atoms with Gasteiger partial charge in [-0.3, -0.25) is 5.84 Å². The van der Waals surface area contributed by atoms with E-state index < -0.39 is 0 Å². The molecule has 0 aliphatic carbocycles. The lowest BCUT2D eigenvalue weighted by Crippen LogP contribution is -2.30. The van der Waals surface area contributed by atoms with Crippen molar-refractivity contribution in [1.29, 1.82) is 0 Å². The number of hydrazine groups is 1. The normalized spacial score (nSPS) is 12.0. The van der Waals surface area contributed by atoms with E-state index in [1.54, 1.807) is 20.4 Å². The number of rotatable bonds is 5. The Balaban J connectivity index is 2.62. The van der Waals surface area contributed by atoms with Gasteiger partial charge < -0.3 is 9.47 Å². The molecule has 2 rings (SSSR count). The fraction of sp³-hybridized carbons (Fsp3) is 0.312. The molecule has 0 aliphatic heterocycles. The van der Waals surface area contributed by atoms with Crippen molar-refractivity contribution in [2.24, 2.45) is 5.84 Å². The Morgan fingerprint density at radius 2 is 1.95 bits per heavy atom. The van der Waals surface area contributed by atoms with Crippen molar-refractivity contribution >= 4 is 0 Å². The van der Waals surface area contributed by atoms with Gasteiger partial charge in [0.05, 0.1) is 20.3 Å². The fourth-order valence-corrected chi connectivity index (χ4v) is 2.60. The first-order chi connectivity index (χ1) is 10.1. The number of pyridine rings is 1. The zero-order valence-electron chi connectivity index (χ0n) is 12.8. The molecule has 0 radical (unpaired) electrons.